The Balaban J connectivity index is 1.78. The van der Waals surface area contributed by atoms with Crippen molar-refractivity contribution in [3.63, 3.8) is 0 Å². The van der Waals surface area contributed by atoms with Gasteiger partial charge in [0, 0.05) is 12.0 Å². The molecule has 0 amide bonds. The van der Waals surface area contributed by atoms with E-state index >= 15 is 0 Å². The van der Waals surface area contributed by atoms with Crippen molar-refractivity contribution >= 4 is 0 Å². The zero-order valence-corrected chi connectivity index (χ0v) is 10.5. The van der Waals surface area contributed by atoms with Crippen LogP contribution in [-0.2, 0) is 13.0 Å². The van der Waals surface area contributed by atoms with Crippen molar-refractivity contribution in [3.05, 3.63) is 48.4 Å². The van der Waals surface area contributed by atoms with Crippen LogP contribution in [0.5, 0.6) is 0 Å². The first-order valence-corrected chi connectivity index (χ1v) is 6.11. The van der Waals surface area contributed by atoms with E-state index in [1.807, 2.05) is 37.3 Å². The molecule has 3 rings (SSSR count). The van der Waals surface area contributed by atoms with Gasteiger partial charge < -0.3 is 4.52 Å². The molecule has 1 aromatic carbocycles. The van der Waals surface area contributed by atoms with Gasteiger partial charge in [-0.15, -0.1) is 0 Å². The summed E-state index contributed by atoms with van der Waals surface area (Å²) < 4.78 is 6.76. The number of nitrogens with zero attached hydrogens (tertiary/aromatic N) is 5. The minimum Gasteiger partial charge on any atom is -0.339 e. The third kappa shape index (κ3) is 2.52. The summed E-state index contributed by atoms with van der Waals surface area (Å²) in [5.41, 5.74) is 0.989. The first-order valence-electron chi connectivity index (χ1n) is 6.11. The van der Waals surface area contributed by atoms with Crippen molar-refractivity contribution in [1.29, 1.82) is 0 Å². The summed E-state index contributed by atoms with van der Waals surface area (Å²) in [5, 5.41) is 8.28. The highest BCUT2D eigenvalue weighted by Gasteiger charge is 2.08. The molecule has 0 atom stereocenters. The zero-order valence-electron chi connectivity index (χ0n) is 10.5. The minimum atomic E-state index is 0.462. The van der Waals surface area contributed by atoms with Crippen molar-refractivity contribution < 1.29 is 4.52 Å². The van der Waals surface area contributed by atoms with Gasteiger partial charge in [-0.05, 0) is 0 Å². The van der Waals surface area contributed by atoms with Crippen LogP contribution in [0.1, 0.15) is 18.6 Å². The summed E-state index contributed by atoms with van der Waals surface area (Å²) in [6.07, 6.45) is 2.41. The third-order valence-electron chi connectivity index (χ3n) is 2.68. The summed E-state index contributed by atoms with van der Waals surface area (Å²) in [6.45, 7) is 2.43. The van der Waals surface area contributed by atoms with Gasteiger partial charge in [0.2, 0.25) is 5.89 Å². The molecule has 2 heterocycles. The Kier molecular flexibility index (Phi) is 3.06. The van der Waals surface area contributed by atoms with Gasteiger partial charge in [0.25, 0.3) is 0 Å². The van der Waals surface area contributed by atoms with Crippen LogP contribution in [0.25, 0.3) is 11.4 Å². The smallest absolute Gasteiger partial charge is 0.226 e. The number of hydrogen-bond acceptors (Lipinski definition) is 5. The molecule has 0 N–H and O–H groups in total. The predicted octanol–water partition coefficient (Wildman–Crippen LogP) is 1.94. The Hall–Kier alpha value is -2.50. The molecule has 6 heteroatoms. The summed E-state index contributed by atoms with van der Waals surface area (Å²) >= 11 is 0. The number of aryl methyl sites for hydroxylation is 1. The van der Waals surface area contributed by atoms with Crippen LogP contribution in [-0.4, -0.2) is 24.9 Å². The summed E-state index contributed by atoms with van der Waals surface area (Å²) in [5.74, 6) is 1.94. The molecular formula is C13H13N5O. The van der Waals surface area contributed by atoms with Crippen molar-refractivity contribution in [2.45, 2.75) is 19.9 Å². The van der Waals surface area contributed by atoms with Crippen molar-refractivity contribution in [2.75, 3.05) is 0 Å². The number of rotatable bonds is 4. The molecular weight excluding hydrogens is 242 g/mol. The van der Waals surface area contributed by atoms with E-state index in [0.29, 0.717) is 24.1 Å². The van der Waals surface area contributed by atoms with Gasteiger partial charge >= 0.3 is 0 Å². The van der Waals surface area contributed by atoms with E-state index in [1.165, 1.54) is 0 Å². The molecule has 96 valence electrons. The first-order chi connectivity index (χ1) is 9.35. The van der Waals surface area contributed by atoms with E-state index in [4.69, 9.17) is 4.52 Å². The maximum Gasteiger partial charge on any atom is 0.226 e. The lowest BCUT2D eigenvalue weighted by atomic mass is 10.2. The van der Waals surface area contributed by atoms with E-state index in [0.717, 1.165) is 12.0 Å². The number of aromatic nitrogens is 5. The van der Waals surface area contributed by atoms with Gasteiger partial charge in [-0.2, -0.15) is 10.1 Å². The second kappa shape index (κ2) is 5.01. The SMILES string of the molecule is CCc1nc(Cn2cnc(-c3ccccc3)n2)no1. The molecule has 0 aliphatic heterocycles. The Morgan fingerprint density at radius 2 is 2.05 bits per heavy atom. The van der Waals surface area contributed by atoms with Crippen LogP contribution < -0.4 is 0 Å². The Morgan fingerprint density at radius 1 is 1.21 bits per heavy atom. The Labute approximate surface area is 110 Å². The lowest BCUT2D eigenvalue weighted by Gasteiger charge is -1.94. The lowest BCUT2D eigenvalue weighted by molar-refractivity contribution is 0.374. The monoisotopic (exact) mass is 255 g/mol. The number of benzene rings is 1. The molecule has 0 fully saturated rings. The first kappa shape index (κ1) is 11.6. The summed E-state index contributed by atoms with van der Waals surface area (Å²) in [4.78, 5) is 8.51. The highest BCUT2D eigenvalue weighted by molar-refractivity contribution is 5.53. The van der Waals surface area contributed by atoms with Gasteiger partial charge in [-0.1, -0.05) is 42.4 Å². The Morgan fingerprint density at radius 3 is 2.79 bits per heavy atom. The van der Waals surface area contributed by atoms with Crippen LogP contribution in [0.2, 0.25) is 0 Å². The van der Waals surface area contributed by atoms with Crippen LogP contribution in [0.3, 0.4) is 0 Å². The molecule has 0 radical (unpaired) electrons. The maximum absolute atomic E-state index is 5.05. The van der Waals surface area contributed by atoms with E-state index in [-0.39, 0.29) is 0 Å². The molecule has 3 aromatic rings. The molecule has 2 aromatic heterocycles. The highest BCUT2D eigenvalue weighted by Crippen LogP contribution is 2.13. The second-order valence-corrected chi connectivity index (χ2v) is 4.09. The van der Waals surface area contributed by atoms with Gasteiger partial charge in [0.15, 0.2) is 11.6 Å². The van der Waals surface area contributed by atoms with Gasteiger partial charge in [-0.3, -0.25) is 0 Å². The standard InChI is InChI=1S/C13H13N5O/c1-2-12-15-11(17-19-12)8-18-9-14-13(16-18)10-6-4-3-5-7-10/h3-7,9H,2,8H2,1H3. The lowest BCUT2D eigenvalue weighted by Crippen LogP contribution is -2.02. The summed E-state index contributed by atoms with van der Waals surface area (Å²) in [7, 11) is 0. The fourth-order valence-corrected chi connectivity index (χ4v) is 1.73. The average molecular weight is 255 g/mol. The van der Waals surface area contributed by atoms with E-state index < -0.39 is 0 Å². The molecule has 0 saturated heterocycles. The molecule has 0 aliphatic carbocycles. The van der Waals surface area contributed by atoms with Crippen molar-refractivity contribution in [2.24, 2.45) is 0 Å². The summed E-state index contributed by atoms with van der Waals surface area (Å²) in [6, 6.07) is 9.84. The topological polar surface area (TPSA) is 69.6 Å². The molecule has 0 aliphatic rings. The molecule has 6 nitrogen and oxygen atoms in total. The van der Waals surface area contributed by atoms with E-state index in [2.05, 4.69) is 20.2 Å². The van der Waals surface area contributed by atoms with Crippen molar-refractivity contribution in [3.8, 4) is 11.4 Å². The van der Waals surface area contributed by atoms with Gasteiger partial charge in [0.1, 0.15) is 12.9 Å². The largest absolute Gasteiger partial charge is 0.339 e. The third-order valence-corrected chi connectivity index (χ3v) is 2.68. The number of hydrogen-bond donors (Lipinski definition) is 0. The second-order valence-electron chi connectivity index (χ2n) is 4.09. The normalized spacial score (nSPS) is 10.8. The van der Waals surface area contributed by atoms with E-state index in [1.54, 1.807) is 11.0 Å². The predicted molar refractivity (Wildman–Crippen MR) is 68.2 cm³/mol. The average Bonchev–Trinajstić information content (AvgIpc) is 3.09. The van der Waals surface area contributed by atoms with Gasteiger partial charge in [0.05, 0.1) is 0 Å². The zero-order chi connectivity index (χ0) is 13.1. The van der Waals surface area contributed by atoms with E-state index in [9.17, 15) is 0 Å². The van der Waals surface area contributed by atoms with Crippen LogP contribution >= 0.6 is 0 Å². The van der Waals surface area contributed by atoms with Crippen LogP contribution in [0.15, 0.2) is 41.2 Å². The van der Waals surface area contributed by atoms with Crippen LogP contribution in [0, 0.1) is 0 Å². The molecule has 0 bridgehead atoms. The molecule has 19 heavy (non-hydrogen) atoms. The molecule has 0 spiro atoms. The maximum atomic E-state index is 5.05. The van der Waals surface area contributed by atoms with Gasteiger partial charge in [-0.25, -0.2) is 9.67 Å². The molecule has 0 unspecified atom stereocenters. The fraction of sp³-hybridized carbons (Fsp3) is 0.231. The minimum absolute atomic E-state index is 0.462. The fourth-order valence-electron chi connectivity index (χ4n) is 1.73. The Bertz CT molecular complexity index is 658. The quantitative estimate of drug-likeness (QED) is 0.712. The highest BCUT2D eigenvalue weighted by atomic mass is 16.5. The molecule has 0 saturated carbocycles. The van der Waals surface area contributed by atoms with Crippen molar-refractivity contribution in [1.82, 2.24) is 24.9 Å². The van der Waals surface area contributed by atoms with Crippen LogP contribution in [0.4, 0.5) is 0 Å².